The quantitative estimate of drug-likeness (QED) is 0.907. The number of carbonyl (C=O) groups is 1. The second-order valence-corrected chi connectivity index (χ2v) is 5.77. The molecule has 0 spiro atoms. The van der Waals surface area contributed by atoms with Crippen molar-refractivity contribution in [2.45, 2.75) is 18.4 Å². The fourth-order valence-corrected chi connectivity index (χ4v) is 3.48. The Hall–Kier alpha value is -1.27. The van der Waals surface area contributed by atoms with Crippen molar-refractivity contribution in [3.05, 3.63) is 33.1 Å². The number of carbonyl (C=O) groups excluding carboxylic acids is 1. The summed E-state index contributed by atoms with van der Waals surface area (Å²) in [4.78, 5) is 12.6. The molecular weight excluding hydrogens is 256 g/mol. The van der Waals surface area contributed by atoms with Crippen LogP contribution in [0.15, 0.2) is 16.0 Å². The summed E-state index contributed by atoms with van der Waals surface area (Å²) in [6, 6.07) is 1.87. The van der Waals surface area contributed by atoms with Crippen molar-refractivity contribution in [1.82, 2.24) is 5.16 Å². The lowest BCUT2D eigenvalue weighted by atomic mass is 10.3. The number of aromatic nitrogens is 1. The third kappa shape index (κ3) is 1.98. The maximum atomic E-state index is 11.9. The van der Waals surface area contributed by atoms with Crippen LogP contribution in [0.4, 0.5) is 5.88 Å². The molecule has 2 aromatic rings. The van der Waals surface area contributed by atoms with Gasteiger partial charge in [0.25, 0.3) is 5.91 Å². The molecule has 0 bridgehead atoms. The molecule has 3 rings (SSSR count). The maximum absolute atomic E-state index is 11.9. The molecule has 4 nitrogen and oxygen atoms in total. The number of hydrogen-bond acceptors (Lipinski definition) is 5. The summed E-state index contributed by atoms with van der Waals surface area (Å²) in [5.74, 6) is 2.10. The predicted octanol–water partition coefficient (Wildman–Crippen LogP) is 3.04. The maximum Gasteiger partial charge on any atom is 0.268 e. The molecule has 0 unspecified atom stereocenters. The zero-order valence-electron chi connectivity index (χ0n) is 9.15. The SMILES string of the molecule is Cc1csc(C(=O)Nc2onc3c2CSC3)c1. The van der Waals surface area contributed by atoms with Crippen molar-refractivity contribution in [1.29, 1.82) is 0 Å². The first kappa shape index (κ1) is 10.9. The van der Waals surface area contributed by atoms with Crippen LogP contribution in [0.2, 0.25) is 0 Å². The first-order valence-electron chi connectivity index (χ1n) is 5.15. The van der Waals surface area contributed by atoms with Crippen LogP contribution in [-0.2, 0) is 11.5 Å². The van der Waals surface area contributed by atoms with Gasteiger partial charge in [0.05, 0.1) is 16.1 Å². The number of anilines is 1. The van der Waals surface area contributed by atoms with E-state index in [1.807, 2.05) is 18.4 Å². The fourth-order valence-electron chi connectivity index (χ4n) is 1.67. The molecule has 0 fully saturated rings. The molecule has 1 N–H and O–H groups in total. The van der Waals surface area contributed by atoms with Gasteiger partial charge in [-0.3, -0.25) is 10.1 Å². The Balaban J connectivity index is 1.81. The van der Waals surface area contributed by atoms with Crippen LogP contribution in [0.5, 0.6) is 0 Å². The van der Waals surface area contributed by atoms with Gasteiger partial charge in [-0.15, -0.1) is 11.3 Å². The van der Waals surface area contributed by atoms with Crippen LogP contribution in [0, 0.1) is 6.92 Å². The van der Waals surface area contributed by atoms with Crippen LogP contribution in [0.1, 0.15) is 26.5 Å². The zero-order valence-corrected chi connectivity index (χ0v) is 10.8. The topological polar surface area (TPSA) is 55.1 Å². The van der Waals surface area contributed by atoms with Gasteiger partial charge in [-0.2, -0.15) is 11.8 Å². The number of nitrogens with one attached hydrogen (secondary N) is 1. The van der Waals surface area contributed by atoms with E-state index in [1.165, 1.54) is 11.3 Å². The Morgan fingerprint density at radius 3 is 3.18 bits per heavy atom. The van der Waals surface area contributed by atoms with Gasteiger partial charge in [-0.1, -0.05) is 5.16 Å². The molecule has 0 radical (unpaired) electrons. The summed E-state index contributed by atoms with van der Waals surface area (Å²) in [6.45, 7) is 1.97. The molecule has 17 heavy (non-hydrogen) atoms. The predicted molar refractivity (Wildman–Crippen MR) is 68.5 cm³/mol. The number of hydrogen-bond donors (Lipinski definition) is 1. The second-order valence-electron chi connectivity index (χ2n) is 3.87. The smallest absolute Gasteiger partial charge is 0.268 e. The average molecular weight is 266 g/mol. The average Bonchev–Trinajstić information content (AvgIpc) is 2.96. The number of rotatable bonds is 2. The van der Waals surface area contributed by atoms with Crippen LogP contribution in [0.3, 0.4) is 0 Å². The van der Waals surface area contributed by atoms with E-state index < -0.39 is 0 Å². The molecule has 2 aromatic heterocycles. The minimum Gasteiger partial charge on any atom is -0.338 e. The first-order valence-corrected chi connectivity index (χ1v) is 7.19. The molecule has 0 saturated heterocycles. The number of nitrogens with zero attached hydrogens (tertiary/aromatic N) is 1. The van der Waals surface area contributed by atoms with Gasteiger partial charge in [0.1, 0.15) is 0 Å². The van der Waals surface area contributed by atoms with Crippen molar-refractivity contribution < 1.29 is 9.32 Å². The first-order chi connectivity index (χ1) is 8.24. The molecule has 0 atom stereocenters. The summed E-state index contributed by atoms with van der Waals surface area (Å²) in [5.41, 5.74) is 3.07. The summed E-state index contributed by atoms with van der Waals surface area (Å²) in [5, 5.41) is 8.68. The van der Waals surface area contributed by atoms with Crippen LogP contribution < -0.4 is 5.32 Å². The molecule has 0 aromatic carbocycles. The highest BCUT2D eigenvalue weighted by Gasteiger charge is 2.23. The highest BCUT2D eigenvalue weighted by molar-refractivity contribution is 7.98. The molecule has 0 saturated carbocycles. The number of thioether (sulfide) groups is 1. The van der Waals surface area contributed by atoms with Gasteiger partial charge >= 0.3 is 0 Å². The second kappa shape index (κ2) is 4.19. The minimum atomic E-state index is -0.126. The molecule has 88 valence electrons. The Labute approximate surface area is 106 Å². The third-order valence-electron chi connectivity index (χ3n) is 2.54. The lowest BCUT2D eigenvalue weighted by Gasteiger charge is -1.99. The number of thiophene rings is 1. The van der Waals surface area contributed by atoms with Gasteiger partial charge in [-0.05, 0) is 23.9 Å². The molecule has 1 amide bonds. The minimum absolute atomic E-state index is 0.126. The molecule has 1 aliphatic heterocycles. The highest BCUT2D eigenvalue weighted by atomic mass is 32.2. The van der Waals surface area contributed by atoms with E-state index in [4.69, 9.17) is 4.52 Å². The normalized spacial score (nSPS) is 13.7. The third-order valence-corrected chi connectivity index (χ3v) is 4.55. The summed E-state index contributed by atoms with van der Waals surface area (Å²) in [6.07, 6.45) is 0. The van der Waals surface area contributed by atoms with E-state index >= 15 is 0 Å². The van der Waals surface area contributed by atoms with Crippen molar-refractivity contribution in [3.8, 4) is 0 Å². The van der Waals surface area contributed by atoms with Crippen molar-refractivity contribution in [3.63, 3.8) is 0 Å². The highest BCUT2D eigenvalue weighted by Crippen LogP contribution is 2.34. The number of fused-ring (bicyclic) bond motifs is 1. The van der Waals surface area contributed by atoms with Gasteiger partial charge in [0.15, 0.2) is 0 Å². The number of aryl methyl sites for hydroxylation is 1. The van der Waals surface area contributed by atoms with E-state index in [0.717, 1.165) is 28.3 Å². The monoisotopic (exact) mass is 266 g/mol. The van der Waals surface area contributed by atoms with Gasteiger partial charge < -0.3 is 4.52 Å². The van der Waals surface area contributed by atoms with Crippen molar-refractivity contribution >= 4 is 34.9 Å². The van der Waals surface area contributed by atoms with Crippen LogP contribution in [0.25, 0.3) is 0 Å². The molecule has 3 heterocycles. The van der Waals surface area contributed by atoms with Crippen LogP contribution >= 0.6 is 23.1 Å². The van der Waals surface area contributed by atoms with E-state index in [1.54, 1.807) is 11.8 Å². The van der Waals surface area contributed by atoms with Crippen LogP contribution in [-0.4, -0.2) is 11.1 Å². The van der Waals surface area contributed by atoms with E-state index in [-0.39, 0.29) is 5.91 Å². The van der Waals surface area contributed by atoms with Crippen molar-refractivity contribution in [2.75, 3.05) is 5.32 Å². The van der Waals surface area contributed by atoms with E-state index in [9.17, 15) is 4.79 Å². The summed E-state index contributed by atoms with van der Waals surface area (Å²) < 4.78 is 5.15. The van der Waals surface area contributed by atoms with Crippen molar-refractivity contribution in [2.24, 2.45) is 0 Å². The lowest BCUT2D eigenvalue weighted by molar-refractivity contribution is 0.102. The van der Waals surface area contributed by atoms with E-state index in [2.05, 4.69) is 10.5 Å². The molecule has 1 aliphatic rings. The molecule has 0 aliphatic carbocycles. The Bertz CT molecular complexity index is 574. The van der Waals surface area contributed by atoms with Gasteiger partial charge in [0, 0.05) is 11.5 Å². The van der Waals surface area contributed by atoms with Gasteiger partial charge in [0.2, 0.25) is 5.88 Å². The lowest BCUT2D eigenvalue weighted by Crippen LogP contribution is -2.10. The number of amides is 1. The summed E-state index contributed by atoms with van der Waals surface area (Å²) >= 11 is 3.21. The fraction of sp³-hybridized carbons (Fsp3) is 0.273. The Kier molecular flexibility index (Phi) is 2.68. The largest absolute Gasteiger partial charge is 0.338 e. The van der Waals surface area contributed by atoms with E-state index in [0.29, 0.717) is 10.8 Å². The van der Waals surface area contributed by atoms with Gasteiger partial charge in [-0.25, -0.2) is 0 Å². The molecular formula is C11H10N2O2S2. The summed E-state index contributed by atoms with van der Waals surface area (Å²) in [7, 11) is 0. The molecule has 6 heteroatoms. The zero-order chi connectivity index (χ0) is 11.8. The standard InChI is InChI=1S/C11H10N2O2S2/c1-6-2-9(17-3-6)10(14)12-11-7-4-16-5-8(7)13-15-11/h2-3H,4-5H2,1H3,(H,12,14). The Morgan fingerprint density at radius 1 is 1.53 bits per heavy atom. The Morgan fingerprint density at radius 2 is 2.41 bits per heavy atom.